The minimum Gasteiger partial charge on any atom is -0.494 e. The highest BCUT2D eigenvalue weighted by atomic mass is 16.5. The summed E-state index contributed by atoms with van der Waals surface area (Å²) in [5, 5.41) is 10.9. The summed E-state index contributed by atoms with van der Waals surface area (Å²) in [4.78, 5) is 32.6. The van der Waals surface area contributed by atoms with E-state index in [4.69, 9.17) is 9.47 Å². The maximum atomic E-state index is 12.7. The van der Waals surface area contributed by atoms with Gasteiger partial charge in [0, 0.05) is 38.8 Å². The van der Waals surface area contributed by atoms with Crippen LogP contribution in [0.25, 0.3) is 11.4 Å². The molecule has 202 valence electrons. The molecule has 1 aliphatic heterocycles. The van der Waals surface area contributed by atoms with Gasteiger partial charge in [-0.2, -0.15) is 5.10 Å². The van der Waals surface area contributed by atoms with Crippen molar-refractivity contribution < 1.29 is 14.3 Å². The second-order valence-corrected chi connectivity index (χ2v) is 9.30. The highest BCUT2D eigenvalue weighted by Crippen LogP contribution is 2.37. The van der Waals surface area contributed by atoms with Crippen molar-refractivity contribution in [3.63, 3.8) is 0 Å². The highest BCUT2D eigenvalue weighted by molar-refractivity contribution is 6.02. The number of likely N-dealkylation sites (tertiary alicyclic amines) is 1. The normalized spacial score (nSPS) is 15.2. The van der Waals surface area contributed by atoms with Gasteiger partial charge in [0.1, 0.15) is 24.1 Å². The average Bonchev–Trinajstić information content (AvgIpc) is 3.56. The Morgan fingerprint density at radius 2 is 1.90 bits per heavy atom. The van der Waals surface area contributed by atoms with Crippen molar-refractivity contribution in [2.75, 3.05) is 37.9 Å². The molecular formula is C27H31N9O3. The Hall–Kier alpha value is -4.58. The first-order valence-electron chi connectivity index (χ1n) is 12.7. The molecule has 0 spiro atoms. The van der Waals surface area contributed by atoms with Crippen LogP contribution in [0.2, 0.25) is 0 Å². The summed E-state index contributed by atoms with van der Waals surface area (Å²) in [5.41, 5.74) is 2.41. The standard InChI is InChI=1S/C27H31N9O3/c1-5-22(37)19-12-28-23(33-24-13-30-25(14-29-24)39-17-9-10-35(2)15-17)11-21(19)32-20-8-6-7-18(26(20)38-4)27-31-16-36(3)34-27/h6-8,11-14,16-17H,5,9-10,15H2,1-4H3,(H2,28,29,32,33)/t17-/m1/s1. The number of ketones is 1. The van der Waals surface area contributed by atoms with E-state index in [0.717, 1.165) is 25.1 Å². The molecule has 2 N–H and O–H groups in total. The Kier molecular flexibility index (Phi) is 7.64. The van der Waals surface area contributed by atoms with Gasteiger partial charge in [-0.15, -0.1) is 0 Å². The molecule has 0 saturated carbocycles. The Morgan fingerprint density at radius 1 is 1.05 bits per heavy atom. The third-order valence-electron chi connectivity index (χ3n) is 6.37. The molecule has 1 atom stereocenters. The zero-order valence-electron chi connectivity index (χ0n) is 22.4. The summed E-state index contributed by atoms with van der Waals surface area (Å²) in [6, 6.07) is 7.38. The maximum absolute atomic E-state index is 12.7. The fourth-order valence-corrected chi connectivity index (χ4v) is 4.41. The van der Waals surface area contributed by atoms with Crippen LogP contribution in [0.5, 0.6) is 11.6 Å². The molecule has 1 fully saturated rings. The number of rotatable bonds is 10. The van der Waals surface area contributed by atoms with Crippen LogP contribution in [0.1, 0.15) is 30.1 Å². The fraction of sp³-hybridized carbons (Fsp3) is 0.333. The smallest absolute Gasteiger partial charge is 0.232 e. The van der Waals surface area contributed by atoms with Crippen LogP contribution >= 0.6 is 0 Å². The predicted molar refractivity (Wildman–Crippen MR) is 147 cm³/mol. The van der Waals surface area contributed by atoms with Crippen molar-refractivity contribution >= 4 is 28.8 Å². The van der Waals surface area contributed by atoms with Crippen molar-refractivity contribution in [3.05, 3.63) is 54.7 Å². The first-order valence-corrected chi connectivity index (χ1v) is 12.7. The highest BCUT2D eigenvalue weighted by Gasteiger charge is 2.22. The number of methoxy groups -OCH3 is 1. The molecule has 39 heavy (non-hydrogen) atoms. The van der Waals surface area contributed by atoms with Crippen LogP contribution in [-0.2, 0) is 7.05 Å². The van der Waals surface area contributed by atoms with Crippen LogP contribution < -0.4 is 20.1 Å². The Balaban J connectivity index is 1.39. The van der Waals surface area contributed by atoms with Crippen molar-refractivity contribution in [2.24, 2.45) is 7.05 Å². The minimum atomic E-state index is -0.0445. The van der Waals surface area contributed by atoms with Gasteiger partial charge in [0.15, 0.2) is 17.4 Å². The number of carbonyl (C=O) groups excluding carboxylic acids is 1. The minimum absolute atomic E-state index is 0.0445. The number of nitrogens with one attached hydrogen (secondary N) is 2. The van der Waals surface area contributed by atoms with Crippen molar-refractivity contribution in [2.45, 2.75) is 25.9 Å². The average molecular weight is 530 g/mol. The molecule has 0 bridgehead atoms. The van der Waals surface area contributed by atoms with Gasteiger partial charge in [0.05, 0.1) is 42.0 Å². The molecule has 12 nitrogen and oxygen atoms in total. The Bertz CT molecular complexity index is 1460. The van der Waals surface area contributed by atoms with Crippen molar-refractivity contribution in [1.29, 1.82) is 0 Å². The summed E-state index contributed by atoms with van der Waals surface area (Å²) in [6.45, 7) is 3.69. The van der Waals surface area contributed by atoms with Crippen molar-refractivity contribution in [1.82, 2.24) is 34.6 Å². The number of benzene rings is 1. The summed E-state index contributed by atoms with van der Waals surface area (Å²) in [5.74, 6) is 2.52. The van der Waals surface area contributed by atoms with Gasteiger partial charge in [-0.25, -0.2) is 19.9 Å². The molecular weight excluding hydrogens is 498 g/mol. The predicted octanol–water partition coefficient (Wildman–Crippen LogP) is 3.84. The second kappa shape index (κ2) is 11.4. The van der Waals surface area contributed by atoms with Crippen LogP contribution in [0, 0.1) is 0 Å². The number of carbonyl (C=O) groups is 1. The van der Waals surface area contributed by atoms with Gasteiger partial charge in [-0.3, -0.25) is 9.48 Å². The third kappa shape index (κ3) is 5.96. The SMILES string of the molecule is CCC(=O)c1cnc(Nc2cnc(O[C@@H]3CCN(C)C3)cn2)cc1Nc1cccc(-c2ncn(C)n2)c1OC. The van der Waals surface area contributed by atoms with Gasteiger partial charge in [0.25, 0.3) is 0 Å². The van der Waals surface area contributed by atoms with Crippen LogP contribution in [0.3, 0.4) is 0 Å². The van der Waals surface area contributed by atoms with E-state index in [1.165, 1.54) is 0 Å². The number of nitrogens with zero attached hydrogens (tertiary/aromatic N) is 7. The first kappa shape index (κ1) is 26.0. The second-order valence-electron chi connectivity index (χ2n) is 9.30. The molecule has 4 aromatic rings. The van der Waals surface area contributed by atoms with E-state index < -0.39 is 0 Å². The van der Waals surface area contributed by atoms with E-state index in [1.54, 1.807) is 49.8 Å². The number of hydrogen-bond acceptors (Lipinski definition) is 11. The van der Waals surface area contributed by atoms with E-state index in [0.29, 0.717) is 52.4 Å². The topological polar surface area (TPSA) is 132 Å². The summed E-state index contributed by atoms with van der Waals surface area (Å²) < 4.78 is 13.3. The number of aryl methyl sites for hydroxylation is 1. The maximum Gasteiger partial charge on any atom is 0.232 e. The van der Waals surface area contributed by atoms with Crippen LogP contribution in [0.4, 0.5) is 23.0 Å². The van der Waals surface area contributed by atoms with Gasteiger partial charge in [-0.1, -0.05) is 13.0 Å². The first-order chi connectivity index (χ1) is 18.9. The zero-order chi connectivity index (χ0) is 27.4. The molecule has 12 heteroatoms. The number of ether oxygens (including phenoxy) is 2. The summed E-state index contributed by atoms with van der Waals surface area (Å²) in [6.07, 6.45) is 7.79. The van der Waals surface area contributed by atoms with Gasteiger partial charge in [-0.05, 0) is 25.6 Å². The third-order valence-corrected chi connectivity index (χ3v) is 6.37. The van der Waals surface area contributed by atoms with E-state index in [-0.39, 0.29) is 11.9 Å². The van der Waals surface area contributed by atoms with Gasteiger partial charge >= 0.3 is 0 Å². The molecule has 0 aliphatic carbocycles. The Labute approximate surface area is 226 Å². The summed E-state index contributed by atoms with van der Waals surface area (Å²) >= 11 is 0. The molecule has 1 aliphatic rings. The Morgan fingerprint density at radius 3 is 2.56 bits per heavy atom. The van der Waals surface area contributed by atoms with E-state index in [1.807, 2.05) is 25.1 Å². The van der Waals surface area contributed by atoms with Gasteiger partial charge < -0.3 is 25.0 Å². The monoisotopic (exact) mass is 529 g/mol. The molecule has 3 aromatic heterocycles. The van der Waals surface area contributed by atoms with E-state index >= 15 is 0 Å². The summed E-state index contributed by atoms with van der Waals surface area (Å²) in [7, 11) is 5.46. The fourth-order valence-electron chi connectivity index (χ4n) is 4.41. The molecule has 4 heterocycles. The number of Topliss-reactive ketones (excluding diaryl/α,β-unsaturated/α-hetero) is 1. The van der Waals surface area contributed by atoms with Crippen LogP contribution in [0.15, 0.2) is 49.2 Å². The largest absolute Gasteiger partial charge is 0.494 e. The molecule has 5 rings (SSSR count). The zero-order valence-corrected chi connectivity index (χ0v) is 22.4. The van der Waals surface area contributed by atoms with Crippen LogP contribution in [-0.4, -0.2) is 73.8 Å². The number of hydrogen-bond donors (Lipinski definition) is 2. The number of pyridine rings is 1. The van der Waals surface area contributed by atoms with Crippen molar-refractivity contribution in [3.8, 4) is 23.0 Å². The molecule has 1 aromatic carbocycles. The molecule has 0 amide bonds. The molecule has 1 saturated heterocycles. The molecule has 0 radical (unpaired) electrons. The number of anilines is 4. The van der Waals surface area contributed by atoms with Gasteiger partial charge in [0.2, 0.25) is 5.88 Å². The van der Waals surface area contributed by atoms with E-state index in [9.17, 15) is 4.79 Å². The number of para-hydroxylation sites is 1. The lowest BCUT2D eigenvalue weighted by Crippen LogP contribution is -2.21. The number of likely N-dealkylation sites (N-methyl/N-ethyl adjacent to an activating group) is 1. The quantitative estimate of drug-likeness (QED) is 0.290. The van der Waals surface area contributed by atoms with E-state index in [2.05, 4.69) is 47.6 Å². The number of aromatic nitrogens is 6. The lowest BCUT2D eigenvalue weighted by molar-refractivity contribution is 0.0988. The lowest BCUT2D eigenvalue weighted by Gasteiger charge is -2.17. The molecule has 0 unspecified atom stereocenters. The lowest BCUT2D eigenvalue weighted by atomic mass is 10.1.